The third-order valence-electron chi connectivity index (χ3n) is 1.67. The zero-order chi connectivity index (χ0) is 8.85. The minimum atomic E-state index is 0. The minimum Gasteiger partial charge on any atom is -0.0853 e. The lowest BCUT2D eigenvalue weighted by atomic mass is 10.0. The van der Waals surface area contributed by atoms with Gasteiger partial charge in [0, 0.05) is 0 Å². The molecular formula is C13H30. The van der Waals surface area contributed by atoms with E-state index in [1.165, 1.54) is 12.8 Å². The van der Waals surface area contributed by atoms with Crippen LogP contribution < -0.4 is 0 Å². The molecule has 0 aromatic rings. The molecule has 0 N–H and O–H groups in total. The van der Waals surface area contributed by atoms with Gasteiger partial charge in [-0.3, -0.25) is 0 Å². The molecule has 0 rings (SSSR count). The smallest absolute Gasteiger partial charge is 0.0300 e. The van der Waals surface area contributed by atoms with Gasteiger partial charge >= 0.3 is 0 Å². The molecule has 0 bridgehead atoms. The summed E-state index contributed by atoms with van der Waals surface area (Å²) < 4.78 is 0. The Morgan fingerprint density at radius 1 is 1.00 bits per heavy atom. The third-order valence-corrected chi connectivity index (χ3v) is 1.67. The van der Waals surface area contributed by atoms with Gasteiger partial charge in [-0.1, -0.05) is 54.2 Å². The van der Waals surface area contributed by atoms with E-state index >= 15 is 0 Å². The molecule has 0 saturated carbocycles. The van der Waals surface area contributed by atoms with Crippen molar-refractivity contribution >= 4 is 0 Å². The van der Waals surface area contributed by atoms with E-state index in [0.29, 0.717) is 0 Å². The van der Waals surface area contributed by atoms with E-state index in [9.17, 15) is 0 Å². The molecule has 0 aromatic heterocycles. The summed E-state index contributed by atoms with van der Waals surface area (Å²) >= 11 is 0. The maximum atomic E-state index is 2.38. The molecule has 82 valence electrons. The third kappa shape index (κ3) is 14.6. The van der Waals surface area contributed by atoms with Crippen molar-refractivity contribution in [3.05, 3.63) is 11.6 Å². The Balaban J connectivity index is -0.000000500. The standard InChI is InChI=1S/C11H22.2CH4/c1-9(2)6-7-11(5)8-10(3)4;;/h7,9-10H,6,8H2,1-5H3;2*1H4/b11-7+;;. The molecular weight excluding hydrogens is 156 g/mol. The largest absolute Gasteiger partial charge is 0.0853 e. The van der Waals surface area contributed by atoms with Gasteiger partial charge in [0.15, 0.2) is 0 Å². The monoisotopic (exact) mass is 186 g/mol. The van der Waals surface area contributed by atoms with Gasteiger partial charge in [0.25, 0.3) is 0 Å². The van der Waals surface area contributed by atoms with Crippen LogP contribution in [0.3, 0.4) is 0 Å². The zero-order valence-corrected chi connectivity index (χ0v) is 8.65. The van der Waals surface area contributed by atoms with E-state index in [0.717, 1.165) is 11.8 Å². The molecule has 0 radical (unpaired) electrons. The van der Waals surface area contributed by atoms with Crippen LogP contribution in [0.1, 0.15) is 62.3 Å². The van der Waals surface area contributed by atoms with Crippen molar-refractivity contribution in [3.8, 4) is 0 Å². The van der Waals surface area contributed by atoms with Crippen molar-refractivity contribution < 1.29 is 0 Å². The Kier molecular flexibility index (Phi) is 14.0. The maximum Gasteiger partial charge on any atom is -0.0300 e. The second-order valence-electron chi connectivity index (χ2n) is 4.28. The molecule has 0 spiro atoms. The first-order valence-electron chi connectivity index (χ1n) is 4.68. The second-order valence-corrected chi connectivity index (χ2v) is 4.28. The van der Waals surface area contributed by atoms with Crippen LogP contribution in [-0.4, -0.2) is 0 Å². The average Bonchev–Trinajstić information content (AvgIpc) is 1.82. The molecule has 0 saturated heterocycles. The van der Waals surface area contributed by atoms with Crippen LogP contribution in [0.4, 0.5) is 0 Å². The molecule has 0 fully saturated rings. The molecule has 0 heterocycles. The van der Waals surface area contributed by atoms with Crippen LogP contribution in [0.15, 0.2) is 11.6 Å². The first kappa shape index (κ1) is 18.5. The fourth-order valence-corrected chi connectivity index (χ4v) is 1.16. The zero-order valence-electron chi connectivity index (χ0n) is 8.65. The fraction of sp³-hybridized carbons (Fsp3) is 0.846. The average molecular weight is 186 g/mol. The van der Waals surface area contributed by atoms with E-state index < -0.39 is 0 Å². The Morgan fingerprint density at radius 2 is 1.46 bits per heavy atom. The summed E-state index contributed by atoms with van der Waals surface area (Å²) in [5.41, 5.74) is 1.55. The summed E-state index contributed by atoms with van der Waals surface area (Å²) in [7, 11) is 0. The van der Waals surface area contributed by atoms with Crippen molar-refractivity contribution in [2.45, 2.75) is 62.3 Å². The number of rotatable bonds is 4. The van der Waals surface area contributed by atoms with Gasteiger partial charge in [-0.15, -0.1) is 0 Å². The number of hydrogen-bond acceptors (Lipinski definition) is 0. The van der Waals surface area contributed by atoms with E-state index in [4.69, 9.17) is 0 Å². The van der Waals surface area contributed by atoms with Gasteiger partial charge in [0.1, 0.15) is 0 Å². The predicted molar refractivity (Wildman–Crippen MR) is 66.1 cm³/mol. The lowest BCUT2D eigenvalue weighted by molar-refractivity contribution is 0.625. The van der Waals surface area contributed by atoms with Crippen molar-refractivity contribution in [1.29, 1.82) is 0 Å². The lowest BCUT2D eigenvalue weighted by Crippen LogP contribution is -1.89. The quantitative estimate of drug-likeness (QED) is 0.523. The normalized spacial score (nSPS) is 11.2. The van der Waals surface area contributed by atoms with Crippen LogP contribution in [-0.2, 0) is 0 Å². The van der Waals surface area contributed by atoms with Gasteiger partial charge in [-0.2, -0.15) is 0 Å². The maximum absolute atomic E-state index is 2.38. The summed E-state index contributed by atoms with van der Waals surface area (Å²) in [6.07, 6.45) is 4.87. The highest BCUT2D eigenvalue weighted by atomic mass is 14.0. The Hall–Kier alpha value is -0.260. The lowest BCUT2D eigenvalue weighted by Gasteiger charge is -2.05. The summed E-state index contributed by atoms with van der Waals surface area (Å²) in [4.78, 5) is 0. The van der Waals surface area contributed by atoms with E-state index in [-0.39, 0.29) is 14.9 Å². The number of hydrogen-bond donors (Lipinski definition) is 0. The highest BCUT2D eigenvalue weighted by Crippen LogP contribution is 2.12. The molecule has 0 unspecified atom stereocenters. The van der Waals surface area contributed by atoms with Crippen LogP contribution in [0, 0.1) is 11.8 Å². The van der Waals surface area contributed by atoms with E-state index in [1.807, 2.05) is 0 Å². The second kappa shape index (κ2) is 9.83. The van der Waals surface area contributed by atoms with E-state index in [2.05, 4.69) is 40.7 Å². The van der Waals surface area contributed by atoms with Crippen LogP contribution in [0.25, 0.3) is 0 Å². The molecule has 0 nitrogen and oxygen atoms in total. The van der Waals surface area contributed by atoms with Crippen LogP contribution >= 0.6 is 0 Å². The summed E-state index contributed by atoms with van der Waals surface area (Å²) in [5.74, 6) is 1.61. The molecule has 0 aromatic carbocycles. The molecule has 0 aliphatic carbocycles. The SMILES string of the molecule is C.C.C/C(=C\CC(C)C)CC(C)C. The van der Waals surface area contributed by atoms with Crippen molar-refractivity contribution in [1.82, 2.24) is 0 Å². The van der Waals surface area contributed by atoms with Gasteiger partial charge in [-0.25, -0.2) is 0 Å². The van der Waals surface area contributed by atoms with Crippen LogP contribution in [0.2, 0.25) is 0 Å². The highest BCUT2D eigenvalue weighted by molar-refractivity contribution is 4.98. The highest BCUT2D eigenvalue weighted by Gasteiger charge is 1.95. The van der Waals surface area contributed by atoms with Crippen molar-refractivity contribution in [3.63, 3.8) is 0 Å². The molecule has 0 amide bonds. The van der Waals surface area contributed by atoms with Gasteiger partial charge in [0.2, 0.25) is 0 Å². The van der Waals surface area contributed by atoms with Crippen LogP contribution in [0.5, 0.6) is 0 Å². The Bertz CT molecular complexity index is 118. The summed E-state index contributed by atoms with van der Waals surface area (Å²) in [6.45, 7) is 11.3. The van der Waals surface area contributed by atoms with Gasteiger partial charge < -0.3 is 0 Å². The summed E-state index contributed by atoms with van der Waals surface area (Å²) in [5, 5.41) is 0. The first-order valence-corrected chi connectivity index (χ1v) is 4.68. The van der Waals surface area contributed by atoms with Gasteiger partial charge in [-0.05, 0) is 31.6 Å². The molecule has 0 atom stereocenters. The predicted octanol–water partition coefficient (Wildman–Crippen LogP) is 5.30. The molecule has 0 aliphatic heterocycles. The number of allylic oxidation sites excluding steroid dienone is 2. The Labute approximate surface area is 86.4 Å². The van der Waals surface area contributed by atoms with Crippen molar-refractivity contribution in [2.24, 2.45) is 11.8 Å². The minimum absolute atomic E-state index is 0. The first-order chi connectivity index (χ1) is 5.02. The molecule has 13 heavy (non-hydrogen) atoms. The summed E-state index contributed by atoms with van der Waals surface area (Å²) in [6, 6.07) is 0. The molecule has 0 aliphatic rings. The molecule has 0 heteroatoms. The topological polar surface area (TPSA) is 0 Å². The van der Waals surface area contributed by atoms with Crippen molar-refractivity contribution in [2.75, 3.05) is 0 Å². The fourth-order valence-electron chi connectivity index (χ4n) is 1.16. The Morgan fingerprint density at radius 3 is 1.77 bits per heavy atom. The van der Waals surface area contributed by atoms with Gasteiger partial charge in [0.05, 0.1) is 0 Å². The van der Waals surface area contributed by atoms with E-state index in [1.54, 1.807) is 5.57 Å².